The van der Waals surface area contributed by atoms with Gasteiger partial charge < -0.3 is 11.1 Å². The van der Waals surface area contributed by atoms with Gasteiger partial charge in [0.05, 0.1) is 34.2 Å². The molecule has 11 heteroatoms. The van der Waals surface area contributed by atoms with Crippen molar-refractivity contribution in [1.82, 2.24) is 29.7 Å². The highest BCUT2D eigenvalue weighted by Crippen LogP contribution is 2.24. The molecule has 0 saturated heterocycles. The molecule has 4 rings (SSSR count). The van der Waals surface area contributed by atoms with Crippen molar-refractivity contribution in [2.75, 3.05) is 11.1 Å². The van der Waals surface area contributed by atoms with E-state index in [0.29, 0.717) is 21.7 Å². The summed E-state index contributed by atoms with van der Waals surface area (Å²) in [7, 11) is 0. The Labute approximate surface area is 175 Å². The summed E-state index contributed by atoms with van der Waals surface area (Å²) in [5, 5.41) is 19.9. The molecule has 0 aliphatic rings. The van der Waals surface area contributed by atoms with Crippen LogP contribution in [0.4, 0.5) is 11.6 Å². The van der Waals surface area contributed by atoms with Gasteiger partial charge in [0.1, 0.15) is 35.4 Å². The number of aromatic amines is 1. The van der Waals surface area contributed by atoms with Crippen LogP contribution in [0.15, 0.2) is 41.6 Å². The Balaban J connectivity index is 1.86. The normalized spacial score (nSPS) is 11.9. The minimum atomic E-state index is -0.495. The summed E-state index contributed by atoms with van der Waals surface area (Å²) in [5.41, 5.74) is 6.80. The lowest BCUT2D eigenvalue weighted by atomic mass is 10.2. The summed E-state index contributed by atoms with van der Waals surface area (Å²) in [6.07, 6.45) is 2.86. The number of nitrogens with zero attached hydrogens (tertiary/aromatic N) is 6. The molecular formula is C19H16ClN9O. The fraction of sp³-hybridized carbons (Fsp3) is 0.158. The Morgan fingerprint density at radius 1 is 1.37 bits per heavy atom. The van der Waals surface area contributed by atoms with Gasteiger partial charge in [-0.3, -0.25) is 14.5 Å². The first kappa shape index (κ1) is 19.4. The minimum Gasteiger partial charge on any atom is -0.382 e. The molecule has 3 aromatic heterocycles. The summed E-state index contributed by atoms with van der Waals surface area (Å²) in [6.45, 7) is 2.02. The standard InChI is InChI=1S/C19H16ClN9O/c1-10(26-17-12(7-21)16(22)23-9-24-17)18-27-14-4-2-3-13(20)15(14)19(30)29(18)8-11-5-6-25-28-11/h2-6,9-10H,8H2,1H3,(H,25,28)(H3,22,23,24,26)/t10-/m0/s1. The predicted molar refractivity (Wildman–Crippen MR) is 112 cm³/mol. The number of hydrogen-bond donors (Lipinski definition) is 3. The van der Waals surface area contributed by atoms with Crippen LogP contribution in [0.3, 0.4) is 0 Å². The third kappa shape index (κ3) is 3.42. The van der Waals surface area contributed by atoms with Crippen molar-refractivity contribution in [2.24, 2.45) is 0 Å². The van der Waals surface area contributed by atoms with E-state index in [4.69, 9.17) is 17.3 Å². The Morgan fingerprint density at radius 3 is 2.93 bits per heavy atom. The third-order valence-corrected chi connectivity index (χ3v) is 4.89. The van der Waals surface area contributed by atoms with Gasteiger partial charge in [-0.25, -0.2) is 15.0 Å². The molecule has 0 unspecified atom stereocenters. The van der Waals surface area contributed by atoms with E-state index in [2.05, 4.69) is 30.5 Å². The van der Waals surface area contributed by atoms with Crippen LogP contribution in [0.2, 0.25) is 5.02 Å². The molecule has 0 amide bonds. The molecule has 1 atom stereocenters. The number of benzene rings is 1. The van der Waals surface area contributed by atoms with Crippen molar-refractivity contribution < 1.29 is 0 Å². The summed E-state index contributed by atoms with van der Waals surface area (Å²) in [6, 6.07) is 8.37. The van der Waals surface area contributed by atoms with Crippen LogP contribution in [0.1, 0.15) is 30.0 Å². The van der Waals surface area contributed by atoms with Gasteiger partial charge in [0.25, 0.3) is 5.56 Å². The van der Waals surface area contributed by atoms with Gasteiger partial charge in [-0.05, 0) is 25.1 Å². The molecule has 30 heavy (non-hydrogen) atoms. The molecule has 0 saturated carbocycles. The van der Waals surface area contributed by atoms with Crippen LogP contribution in [0.25, 0.3) is 10.9 Å². The first-order chi connectivity index (χ1) is 14.5. The van der Waals surface area contributed by atoms with E-state index in [9.17, 15) is 10.1 Å². The average molecular weight is 422 g/mol. The van der Waals surface area contributed by atoms with E-state index in [1.807, 2.05) is 6.07 Å². The van der Waals surface area contributed by atoms with Gasteiger partial charge in [0.15, 0.2) is 0 Å². The number of anilines is 2. The highest BCUT2D eigenvalue weighted by atomic mass is 35.5. The number of nitrogen functional groups attached to an aromatic ring is 1. The molecule has 4 aromatic rings. The van der Waals surface area contributed by atoms with E-state index in [1.165, 1.54) is 10.9 Å². The molecule has 150 valence electrons. The van der Waals surface area contributed by atoms with Gasteiger partial charge in [-0.1, -0.05) is 17.7 Å². The van der Waals surface area contributed by atoms with E-state index < -0.39 is 6.04 Å². The Kier molecular flexibility index (Phi) is 5.04. The second-order valence-corrected chi connectivity index (χ2v) is 6.94. The maximum absolute atomic E-state index is 13.3. The quantitative estimate of drug-likeness (QED) is 0.443. The lowest BCUT2D eigenvalue weighted by Gasteiger charge is -2.20. The van der Waals surface area contributed by atoms with Crippen LogP contribution in [0.5, 0.6) is 0 Å². The predicted octanol–water partition coefficient (Wildman–Crippen LogP) is 2.24. The van der Waals surface area contributed by atoms with Crippen LogP contribution in [-0.4, -0.2) is 29.7 Å². The molecule has 0 bridgehead atoms. The first-order valence-electron chi connectivity index (χ1n) is 8.94. The van der Waals surface area contributed by atoms with Gasteiger partial charge in [0, 0.05) is 6.20 Å². The SMILES string of the molecule is C[C@H](Nc1ncnc(N)c1C#N)c1nc2cccc(Cl)c2c(=O)n1Cc1ccn[nH]1. The molecule has 0 spiro atoms. The molecule has 10 nitrogen and oxygen atoms in total. The maximum atomic E-state index is 13.3. The van der Waals surface area contributed by atoms with Crippen LogP contribution in [0, 0.1) is 11.3 Å². The largest absolute Gasteiger partial charge is 0.382 e. The number of H-pyrrole nitrogens is 1. The molecule has 0 aliphatic heterocycles. The molecular weight excluding hydrogens is 406 g/mol. The van der Waals surface area contributed by atoms with Gasteiger partial charge >= 0.3 is 0 Å². The molecule has 0 fully saturated rings. The number of fused-ring (bicyclic) bond motifs is 1. The second-order valence-electron chi connectivity index (χ2n) is 6.54. The monoisotopic (exact) mass is 421 g/mol. The highest BCUT2D eigenvalue weighted by molar-refractivity contribution is 6.35. The van der Waals surface area contributed by atoms with Crippen molar-refractivity contribution in [3.05, 3.63) is 69.2 Å². The van der Waals surface area contributed by atoms with Crippen molar-refractivity contribution in [3.63, 3.8) is 0 Å². The molecule has 3 heterocycles. The number of hydrogen-bond acceptors (Lipinski definition) is 8. The van der Waals surface area contributed by atoms with Crippen molar-refractivity contribution in [2.45, 2.75) is 19.5 Å². The van der Waals surface area contributed by atoms with Crippen LogP contribution < -0.4 is 16.6 Å². The Hall–Kier alpha value is -3.97. The van der Waals surface area contributed by atoms with Gasteiger partial charge in [-0.15, -0.1) is 0 Å². The number of halogens is 1. The van der Waals surface area contributed by atoms with E-state index in [1.54, 1.807) is 37.4 Å². The van der Waals surface area contributed by atoms with Crippen LogP contribution >= 0.6 is 11.6 Å². The Bertz CT molecular complexity index is 1320. The maximum Gasteiger partial charge on any atom is 0.263 e. The number of rotatable bonds is 5. The van der Waals surface area contributed by atoms with Crippen molar-refractivity contribution in [1.29, 1.82) is 5.26 Å². The zero-order chi connectivity index (χ0) is 21.3. The van der Waals surface area contributed by atoms with Crippen molar-refractivity contribution >= 4 is 34.1 Å². The van der Waals surface area contributed by atoms with E-state index in [0.717, 1.165) is 5.69 Å². The van der Waals surface area contributed by atoms with E-state index in [-0.39, 0.29) is 29.3 Å². The number of nitriles is 1. The zero-order valence-corrected chi connectivity index (χ0v) is 16.6. The first-order valence-corrected chi connectivity index (χ1v) is 9.31. The Morgan fingerprint density at radius 2 is 2.20 bits per heavy atom. The van der Waals surface area contributed by atoms with Gasteiger partial charge in [0.2, 0.25) is 0 Å². The smallest absolute Gasteiger partial charge is 0.263 e. The molecule has 0 aliphatic carbocycles. The second kappa shape index (κ2) is 7.81. The number of nitrogens with two attached hydrogens (primary N) is 1. The van der Waals surface area contributed by atoms with Crippen molar-refractivity contribution in [3.8, 4) is 6.07 Å². The zero-order valence-electron chi connectivity index (χ0n) is 15.8. The fourth-order valence-electron chi connectivity index (χ4n) is 3.16. The fourth-order valence-corrected chi connectivity index (χ4v) is 3.41. The average Bonchev–Trinajstić information content (AvgIpc) is 3.23. The highest BCUT2D eigenvalue weighted by Gasteiger charge is 2.20. The van der Waals surface area contributed by atoms with Gasteiger partial charge in [-0.2, -0.15) is 10.4 Å². The summed E-state index contributed by atoms with van der Waals surface area (Å²) < 4.78 is 1.51. The molecule has 4 N–H and O–H groups in total. The third-order valence-electron chi connectivity index (χ3n) is 4.58. The van der Waals surface area contributed by atoms with Crippen LogP contribution in [-0.2, 0) is 6.54 Å². The summed E-state index contributed by atoms with van der Waals surface area (Å²) in [4.78, 5) is 25.9. The number of aromatic nitrogens is 6. The molecule has 0 radical (unpaired) electrons. The topological polar surface area (TPSA) is 151 Å². The summed E-state index contributed by atoms with van der Waals surface area (Å²) in [5.74, 6) is 0.756. The summed E-state index contributed by atoms with van der Waals surface area (Å²) >= 11 is 6.28. The molecule has 1 aromatic carbocycles. The lowest BCUT2D eigenvalue weighted by molar-refractivity contribution is 0.630. The van der Waals surface area contributed by atoms with E-state index >= 15 is 0 Å². The number of nitrogens with one attached hydrogen (secondary N) is 2. The minimum absolute atomic E-state index is 0.0651. The lowest BCUT2D eigenvalue weighted by Crippen LogP contribution is -2.29.